The number of halogens is 1. The van der Waals surface area contributed by atoms with Crippen molar-refractivity contribution in [2.45, 2.75) is 13.0 Å². The second kappa shape index (κ2) is 5.60. The molecule has 3 aromatic rings. The number of rotatable bonds is 5. The molecule has 3 rings (SSSR count). The zero-order valence-corrected chi connectivity index (χ0v) is 11.6. The van der Waals surface area contributed by atoms with Gasteiger partial charge in [0.1, 0.15) is 18.2 Å². The summed E-state index contributed by atoms with van der Waals surface area (Å²) < 4.78 is 20.9. The summed E-state index contributed by atoms with van der Waals surface area (Å²) in [5, 5.41) is 1.98. The van der Waals surface area contributed by atoms with Crippen LogP contribution in [-0.4, -0.2) is 15.9 Å². The third-order valence-corrected chi connectivity index (χ3v) is 3.73. The van der Waals surface area contributed by atoms with Crippen LogP contribution in [0.15, 0.2) is 36.0 Å². The molecule has 0 fully saturated rings. The lowest BCUT2D eigenvalue weighted by Gasteiger charge is -2.10. The monoisotopic (exact) mass is 291 g/mol. The number of fused-ring (bicyclic) bond motifs is 1. The van der Waals surface area contributed by atoms with E-state index in [4.69, 9.17) is 10.5 Å². The zero-order valence-electron chi connectivity index (χ0n) is 10.8. The number of hydrogen-bond acceptors (Lipinski definition) is 4. The van der Waals surface area contributed by atoms with Gasteiger partial charge < -0.3 is 10.5 Å². The molecule has 2 aromatic heterocycles. The molecule has 0 atom stereocenters. The second-order valence-corrected chi connectivity index (χ2v) is 5.28. The van der Waals surface area contributed by atoms with E-state index in [1.54, 1.807) is 17.4 Å². The molecule has 0 saturated heterocycles. The van der Waals surface area contributed by atoms with Crippen molar-refractivity contribution in [3.05, 3.63) is 53.0 Å². The Morgan fingerprint density at radius 2 is 2.30 bits per heavy atom. The molecule has 0 bridgehead atoms. The Labute approximate surface area is 119 Å². The molecule has 6 heteroatoms. The first-order valence-electron chi connectivity index (χ1n) is 6.28. The number of aromatic nitrogens is 2. The van der Waals surface area contributed by atoms with E-state index < -0.39 is 0 Å². The van der Waals surface area contributed by atoms with Gasteiger partial charge in [0.05, 0.1) is 5.69 Å². The molecular formula is C14H14FN3OS. The average Bonchev–Trinajstić information content (AvgIpc) is 2.99. The van der Waals surface area contributed by atoms with Crippen LogP contribution in [0, 0.1) is 5.82 Å². The third kappa shape index (κ3) is 2.66. The van der Waals surface area contributed by atoms with Crippen molar-refractivity contribution in [1.82, 2.24) is 9.38 Å². The third-order valence-electron chi connectivity index (χ3n) is 2.95. The van der Waals surface area contributed by atoms with Crippen LogP contribution in [0.1, 0.15) is 11.3 Å². The first-order chi connectivity index (χ1) is 9.76. The molecule has 0 unspecified atom stereocenters. The van der Waals surface area contributed by atoms with E-state index in [0.717, 1.165) is 16.2 Å². The quantitative estimate of drug-likeness (QED) is 0.786. The highest BCUT2D eigenvalue weighted by Gasteiger charge is 2.07. The van der Waals surface area contributed by atoms with Gasteiger partial charge in [-0.1, -0.05) is 0 Å². The van der Waals surface area contributed by atoms with E-state index >= 15 is 0 Å². The van der Waals surface area contributed by atoms with Crippen LogP contribution in [0.25, 0.3) is 4.96 Å². The molecule has 0 radical (unpaired) electrons. The lowest BCUT2D eigenvalue weighted by molar-refractivity contribution is 0.298. The summed E-state index contributed by atoms with van der Waals surface area (Å²) in [5.74, 6) is 0.386. The van der Waals surface area contributed by atoms with Crippen LogP contribution in [0.4, 0.5) is 4.39 Å². The molecule has 0 saturated carbocycles. The highest BCUT2D eigenvalue weighted by atomic mass is 32.1. The van der Waals surface area contributed by atoms with Crippen molar-refractivity contribution in [3.8, 4) is 5.75 Å². The van der Waals surface area contributed by atoms with Crippen molar-refractivity contribution in [2.24, 2.45) is 5.73 Å². The number of nitrogens with two attached hydrogens (primary N) is 1. The number of hydrogen-bond donors (Lipinski definition) is 1. The van der Waals surface area contributed by atoms with E-state index in [2.05, 4.69) is 4.98 Å². The summed E-state index contributed by atoms with van der Waals surface area (Å²) in [6.07, 6.45) is 4.47. The molecule has 0 amide bonds. The number of ether oxygens (including phenoxy) is 1. The van der Waals surface area contributed by atoms with Gasteiger partial charge in [0.25, 0.3) is 0 Å². The van der Waals surface area contributed by atoms with Gasteiger partial charge in [-0.2, -0.15) is 0 Å². The molecular weight excluding hydrogens is 277 g/mol. The summed E-state index contributed by atoms with van der Waals surface area (Å²) in [5.41, 5.74) is 7.16. The lowest BCUT2D eigenvalue weighted by Crippen LogP contribution is -2.06. The first kappa shape index (κ1) is 13.1. The van der Waals surface area contributed by atoms with E-state index in [0.29, 0.717) is 25.3 Å². The summed E-state index contributed by atoms with van der Waals surface area (Å²) >= 11 is 1.57. The predicted molar refractivity (Wildman–Crippen MR) is 76.6 cm³/mol. The fourth-order valence-electron chi connectivity index (χ4n) is 2.04. The standard InChI is InChI=1S/C14H14FN3OS/c15-11-1-2-13(10(7-11)3-4-16)19-9-12-8-18-5-6-20-14(18)17-12/h1-2,5-8H,3-4,9,16H2. The average molecular weight is 291 g/mol. The van der Waals surface area contributed by atoms with Crippen LogP contribution in [0.2, 0.25) is 0 Å². The summed E-state index contributed by atoms with van der Waals surface area (Å²) in [7, 11) is 0. The Balaban J connectivity index is 1.75. The Morgan fingerprint density at radius 1 is 1.40 bits per heavy atom. The van der Waals surface area contributed by atoms with Crippen molar-refractivity contribution in [1.29, 1.82) is 0 Å². The van der Waals surface area contributed by atoms with Gasteiger partial charge in [-0.3, -0.25) is 4.40 Å². The van der Waals surface area contributed by atoms with Gasteiger partial charge in [-0.15, -0.1) is 11.3 Å². The van der Waals surface area contributed by atoms with Crippen LogP contribution >= 0.6 is 11.3 Å². The van der Waals surface area contributed by atoms with Crippen molar-refractivity contribution in [2.75, 3.05) is 6.54 Å². The van der Waals surface area contributed by atoms with E-state index in [1.165, 1.54) is 12.1 Å². The highest BCUT2D eigenvalue weighted by Crippen LogP contribution is 2.21. The van der Waals surface area contributed by atoms with Crippen molar-refractivity contribution in [3.63, 3.8) is 0 Å². The molecule has 0 aliphatic heterocycles. The van der Waals surface area contributed by atoms with Crippen LogP contribution in [-0.2, 0) is 13.0 Å². The lowest BCUT2D eigenvalue weighted by atomic mass is 10.1. The normalized spacial score (nSPS) is 11.1. The second-order valence-electron chi connectivity index (χ2n) is 4.40. The van der Waals surface area contributed by atoms with E-state index in [1.807, 2.05) is 22.2 Å². The summed E-state index contributed by atoms with van der Waals surface area (Å²) in [6.45, 7) is 0.817. The SMILES string of the molecule is NCCc1cc(F)ccc1OCc1cn2ccsc2n1. The fraction of sp³-hybridized carbons (Fsp3) is 0.214. The fourth-order valence-corrected chi connectivity index (χ4v) is 2.76. The molecule has 104 valence electrons. The maximum atomic E-state index is 13.2. The van der Waals surface area contributed by atoms with Crippen LogP contribution in [0.3, 0.4) is 0 Å². The predicted octanol–water partition coefficient (Wildman–Crippen LogP) is 2.62. The number of imidazole rings is 1. The number of thiazole rings is 1. The van der Waals surface area contributed by atoms with E-state index in [-0.39, 0.29) is 5.82 Å². The molecule has 0 aliphatic carbocycles. The molecule has 20 heavy (non-hydrogen) atoms. The maximum Gasteiger partial charge on any atom is 0.193 e. The summed E-state index contributed by atoms with van der Waals surface area (Å²) in [4.78, 5) is 5.37. The van der Waals surface area contributed by atoms with Gasteiger partial charge in [-0.25, -0.2) is 9.37 Å². The van der Waals surface area contributed by atoms with Crippen LogP contribution < -0.4 is 10.5 Å². The first-order valence-corrected chi connectivity index (χ1v) is 7.16. The smallest absolute Gasteiger partial charge is 0.193 e. The molecule has 2 N–H and O–H groups in total. The van der Waals surface area contributed by atoms with Gasteiger partial charge in [0, 0.05) is 17.8 Å². The van der Waals surface area contributed by atoms with Gasteiger partial charge in [0.15, 0.2) is 4.96 Å². The minimum atomic E-state index is -0.275. The number of benzene rings is 1. The minimum absolute atomic E-state index is 0.275. The van der Waals surface area contributed by atoms with E-state index in [9.17, 15) is 4.39 Å². The largest absolute Gasteiger partial charge is 0.487 e. The highest BCUT2D eigenvalue weighted by molar-refractivity contribution is 7.15. The Morgan fingerprint density at radius 3 is 3.10 bits per heavy atom. The minimum Gasteiger partial charge on any atom is -0.487 e. The van der Waals surface area contributed by atoms with Gasteiger partial charge in [-0.05, 0) is 36.7 Å². The van der Waals surface area contributed by atoms with Gasteiger partial charge in [0.2, 0.25) is 0 Å². The van der Waals surface area contributed by atoms with Crippen molar-refractivity contribution < 1.29 is 9.13 Å². The molecule has 1 aromatic carbocycles. The molecule has 0 spiro atoms. The molecule has 4 nitrogen and oxygen atoms in total. The zero-order chi connectivity index (χ0) is 13.9. The molecule has 2 heterocycles. The molecule has 0 aliphatic rings. The maximum absolute atomic E-state index is 13.2. The topological polar surface area (TPSA) is 52.5 Å². The van der Waals surface area contributed by atoms with Crippen LogP contribution in [0.5, 0.6) is 5.75 Å². The Hall–Kier alpha value is -1.92. The summed E-state index contributed by atoms with van der Waals surface area (Å²) in [6, 6.07) is 4.49. The Kier molecular flexibility index (Phi) is 3.66. The van der Waals surface area contributed by atoms with Crippen molar-refractivity contribution >= 4 is 16.3 Å². The number of nitrogens with zero attached hydrogens (tertiary/aromatic N) is 2. The van der Waals surface area contributed by atoms with Gasteiger partial charge >= 0.3 is 0 Å². The Bertz CT molecular complexity index is 694.